The Hall–Kier alpha value is -3.36. The van der Waals surface area contributed by atoms with Gasteiger partial charge in [0.05, 0.1) is 10.6 Å². The van der Waals surface area contributed by atoms with E-state index in [2.05, 4.69) is 5.32 Å². The largest absolute Gasteiger partial charge is 0.354 e. The molecule has 7 nitrogen and oxygen atoms in total. The fraction of sp³-hybridized carbons (Fsp3) is 0.355. The summed E-state index contributed by atoms with van der Waals surface area (Å²) >= 11 is 6.20. The highest BCUT2D eigenvalue weighted by Gasteiger charge is 2.33. The summed E-state index contributed by atoms with van der Waals surface area (Å²) in [7, 11) is -4.12. The van der Waals surface area contributed by atoms with Crippen molar-refractivity contribution in [3.8, 4) is 0 Å². The standard InChI is InChI=1S/C31H38ClN3O4S/c1-6-7-17-33-31(37)25(5)34(20-26-9-8-10-27(32)19-26)30(36)21-35(29-18-23(3)11-14-24(29)4)40(38,39)28-15-12-22(2)13-16-28/h8-16,18-19,25H,6-7,17,20-21H2,1-5H3,(H,33,37). The highest BCUT2D eigenvalue weighted by atomic mass is 35.5. The van der Waals surface area contributed by atoms with Crippen LogP contribution >= 0.6 is 11.6 Å². The first-order valence-electron chi connectivity index (χ1n) is 13.4. The summed E-state index contributed by atoms with van der Waals surface area (Å²) in [5.74, 6) is -0.807. The summed E-state index contributed by atoms with van der Waals surface area (Å²) in [6, 6.07) is 18.2. The number of nitrogens with zero attached hydrogens (tertiary/aromatic N) is 2. The van der Waals surface area contributed by atoms with E-state index in [4.69, 9.17) is 11.6 Å². The molecule has 3 aromatic carbocycles. The van der Waals surface area contributed by atoms with Gasteiger partial charge in [-0.05, 0) is 81.1 Å². The van der Waals surface area contributed by atoms with Crippen molar-refractivity contribution in [3.63, 3.8) is 0 Å². The highest BCUT2D eigenvalue weighted by molar-refractivity contribution is 7.92. The maximum atomic E-state index is 14.0. The number of benzene rings is 3. The number of amides is 2. The fourth-order valence-electron chi connectivity index (χ4n) is 4.29. The van der Waals surface area contributed by atoms with Crippen molar-refractivity contribution in [3.05, 3.63) is 94.0 Å². The number of aryl methyl sites for hydroxylation is 3. The number of hydrogen-bond acceptors (Lipinski definition) is 4. The molecule has 1 unspecified atom stereocenters. The Kier molecular flexibility index (Phi) is 10.8. The third-order valence-electron chi connectivity index (χ3n) is 6.76. The molecule has 0 spiro atoms. The van der Waals surface area contributed by atoms with Crippen LogP contribution in [0.3, 0.4) is 0 Å². The Balaban J connectivity index is 2.04. The van der Waals surface area contributed by atoms with Crippen LogP contribution < -0.4 is 9.62 Å². The third-order valence-corrected chi connectivity index (χ3v) is 8.77. The van der Waals surface area contributed by atoms with Gasteiger partial charge < -0.3 is 10.2 Å². The molecule has 0 saturated heterocycles. The molecule has 40 heavy (non-hydrogen) atoms. The molecule has 9 heteroatoms. The molecule has 0 radical (unpaired) electrons. The van der Waals surface area contributed by atoms with E-state index in [9.17, 15) is 18.0 Å². The number of carbonyl (C=O) groups excluding carboxylic acids is 2. The Morgan fingerprint density at radius 2 is 1.62 bits per heavy atom. The number of halogens is 1. The van der Waals surface area contributed by atoms with Gasteiger partial charge in [-0.3, -0.25) is 13.9 Å². The molecule has 0 saturated carbocycles. The number of unbranched alkanes of at least 4 members (excludes halogenated alkanes) is 1. The van der Waals surface area contributed by atoms with Gasteiger partial charge in [0.25, 0.3) is 10.0 Å². The third kappa shape index (κ3) is 7.86. The van der Waals surface area contributed by atoms with Crippen molar-refractivity contribution < 1.29 is 18.0 Å². The summed E-state index contributed by atoms with van der Waals surface area (Å²) in [6.07, 6.45) is 1.73. The average molecular weight is 584 g/mol. The quantitative estimate of drug-likeness (QED) is 0.273. The zero-order chi connectivity index (χ0) is 29.4. The molecular formula is C31H38ClN3O4S. The SMILES string of the molecule is CCCCNC(=O)C(C)N(Cc1cccc(Cl)c1)C(=O)CN(c1cc(C)ccc1C)S(=O)(=O)c1ccc(C)cc1. The lowest BCUT2D eigenvalue weighted by molar-refractivity contribution is -0.139. The number of sulfonamides is 1. The first-order chi connectivity index (χ1) is 18.9. The van der Waals surface area contributed by atoms with Crippen LogP contribution in [0.4, 0.5) is 5.69 Å². The van der Waals surface area contributed by atoms with Crippen LogP contribution in [-0.4, -0.2) is 44.3 Å². The minimum absolute atomic E-state index is 0.0820. The molecular weight excluding hydrogens is 546 g/mol. The summed E-state index contributed by atoms with van der Waals surface area (Å²) in [6.45, 7) is 9.35. The second-order valence-electron chi connectivity index (χ2n) is 10.1. The molecule has 1 N–H and O–H groups in total. The van der Waals surface area contributed by atoms with E-state index < -0.39 is 28.5 Å². The fourth-order valence-corrected chi connectivity index (χ4v) is 5.97. The van der Waals surface area contributed by atoms with Crippen LogP contribution in [-0.2, 0) is 26.2 Å². The second-order valence-corrected chi connectivity index (χ2v) is 12.4. The summed E-state index contributed by atoms with van der Waals surface area (Å²) < 4.78 is 29.2. The number of hydrogen-bond donors (Lipinski definition) is 1. The Morgan fingerprint density at radius 1 is 0.950 bits per heavy atom. The normalized spacial score (nSPS) is 12.1. The van der Waals surface area contributed by atoms with Gasteiger partial charge >= 0.3 is 0 Å². The van der Waals surface area contributed by atoms with Crippen LogP contribution in [0.25, 0.3) is 0 Å². The van der Waals surface area contributed by atoms with Crippen molar-refractivity contribution in [2.24, 2.45) is 0 Å². The summed E-state index contributed by atoms with van der Waals surface area (Å²) in [4.78, 5) is 28.6. The predicted octanol–water partition coefficient (Wildman–Crippen LogP) is 5.79. The molecule has 0 aliphatic carbocycles. The number of nitrogens with one attached hydrogen (secondary N) is 1. The molecule has 0 aliphatic rings. The van der Waals surface area contributed by atoms with Crippen molar-refractivity contribution >= 4 is 39.1 Å². The van der Waals surface area contributed by atoms with Gasteiger partial charge in [0.2, 0.25) is 11.8 Å². The van der Waals surface area contributed by atoms with E-state index in [1.807, 2.05) is 45.9 Å². The van der Waals surface area contributed by atoms with Gasteiger partial charge in [-0.2, -0.15) is 0 Å². The molecule has 0 aromatic heterocycles. The molecule has 0 bridgehead atoms. The van der Waals surface area contributed by atoms with Crippen molar-refractivity contribution in [2.45, 2.75) is 64.9 Å². The molecule has 0 fully saturated rings. The van der Waals surface area contributed by atoms with Crippen molar-refractivity contribution in [1.29, 1.82) is 0 Å². The number of anilines is 1. The van der Waals surface area contributed by atoms with Crippen LogP contribution in [0.2, 0.25) is 5.02 Å². The van der Waals surface area contributed by atoms with E-state index in [1.54, 1.807) is 55.5 Å². The number of carbonyl (C=O) groups is 2. The minimum Gasteiger partial charge on any atom is -0.354 e. The van der Waals surface area contributed by atoms with E-state index >= 15 is 0 Å². The maximum absolute atomic E-state index is 14.0. The molecule has 3 aromatic rings. The monoisotopic (exact) mass is 583 g/mol. The first kappa shape index (κ1) is 31.2. The van der Waals surface area contributed by atoms with Crippen molar-refractivity contribution in [2.75, 3.05) is 17.4 Å². The van der Waals surface area contributed by atoms with Gasteiger partial charge in [0.15, 0.2) is 0 Å². The van der Waals surface area contributed by atoms with Gasteiger partial charge in [-0.25, -0.2) is 8.42 Å². The first-order valence-corrected chi connectivity index (χ1v) is 15.2. The van der Waals surface area contributed by atoms with Crippen LogP contribution in [0.15, 0.2) is 71.6 Å². The molecule has 2 amide bonds. The van der Waals surface area contributed by atoms with Crippen molar-refractivity contribution in [1.82, 2.24) is 10.2 Å². The lowest BCUT2D eigenvalue weighted by atomic mass is 10.1. The van der Waals surface area contributed by atoms with Gasteiger partial charge in [0.1, 0.15) is 12.6 Å². The summed E-state index contributed by atoms with van der Waals surface area (Å²) in [5, 5.41) is 3.39. The van der Waals surface area contributed by atoms with Gasteiger partial charge in [-0.1, -0.05) is 66.9 Å². The Labute approximate surface area is 243 Å². The van der Waals surface area contributed by atoms with Gasteiger partial charge in [-0.15, -0.1) is 0 Å². The van der Waals surface area contributed by atoms with E-state index in [1.165, 1.54) is 4.90 Å². The molecule has 0 heterocycles. The lowest BCUT2D eigenvalue weighted by Crippen LogP contribution is -2.51. The Morgan fingerprint density at radius 3 is 2.27 bits per heavy atom. The zero-order valence-corrected chi connectivity index (χ0v) is 25.3. The second kappa shape index (κ2) is 13.8. The van der Waals surface area contributed by atoms with E-state index in [0.29, 0.717) is 22.8 Å². The topological polar surface area (TPSA) is 86.8 Å². The van der Waals surface area contributed by atoms with E-state index in [-0.39, 0.29) is 17.3 Å². The lowest BCUT2D eigenvalue weighted by Gasteiger charge is -2.32. The van der Waals surface area contributed by atoms with Gasteiger partial charge in [0, 0.05) is 18.1 Å². The smallest absolute Gasteiger partial charge is 0.264 e. The maximum Gasteiger partial charge on any atom is 0.264 e. The predicted molar refractivity (Wildman–Crippen MR) is 161 cm³/mol. The van der Waals surface area contributed by atoms with E-state index in [0.717, 1.165) is 33.8 Å². The highest BCUT2D eigenvalue weighted by Crippen LogP contribution is 2.29. The van der Waals surface area contributed by atoms with Crippen LogP contribution in [0.1, 0.15) is 48.9 Å². The average Bonchev–Trinajstić information content (AvgIpc) is 2.91. The Bertz CT molecular complexity index is 1440. The zero-order valence-electron chi connectivity index (χ0n) is 23.8. The molecule has 3 rings (SSSR count). The molecule has 0 aliphatic heterocycles. The van der Waals surface area contributed by atoms with Crippen LogP contribution in [0, 0.1) is 20.8 Å². The molecule has 1 atom stereocenters. The number of rotatable bonds is 12. The van der Waals surface area contributed by atoms with Crippen LogP contribution in [0.5, 0.6) is 0 Å². The summed E-state index contributed by atoms with van der Waals surface area (Å²) in [5.41, 5.74) is 3.63. The molecule has 214 valence electrons. The minimum atomic E-state index is -4.12.